The number of methoxy groups -OCH3 is 1. The number of nitrogens with zero attached hydrogens (tertiary/aromatic N) is 3. The summed E-state index contributed by atoms with van der Waals surface area (Å²) in [7, 11) is 5.11. The van der Waals surface area contributed by atoms with Gasteiger partial charge < -0.3 is 20.3 Å². The first-order chi connectivity index (χ1) is 12.5. The molecule has 8 heteroatoms. The first-order valence-electron chi connectivity index (χ1n) is 8.42. The summed E-state index contributed by atoms with van der Waals surface area (Å²) in [4.78, 5) is 26.7. The summed E-state index contributed by atoms with van der Waals surface area (Å²) < 4.78 is 6.86. The number of hydrogen-bond donors (Lipinski definition) is 2. The third-order valence-electron chi connectivity index (χ3n) is 4.45. The van der Waals surface area contributed by atoms with Crippen LogP contribution >= 0.6 is 0 Å². The number of aromatic nitrogens is 2. The van der Waals surface area contributed by atoms with Crippen molar-refractivity contribution in [2.45, 2.75) is 18.5 Å². The van der Waals surface area contributed by atoms with Gasteiger partial charge in [0.05, 0.1) is 19.3 Å². The second-order valence-electron chi connectivity index (χ2n) is 6.28. The molecule has 2 aromatic rings. The van der Waals surface area contributed by atoms with E-state index in [1.54, 1.807) is 43.2 Å². The molecule has 2 unspecified atom stereocenters. The molecule has 8 nitrogen and oxygen atoms in total. The Kier molecular flexibility index (Phi) is 5.22. The number of amides is 2. The Morgan fingerprint density at radius 2 is 2.23 bits per heavy atom. The fraction of sp³-hybridized carbons (Fsp3) is 0.389. The van der Waals surface area contributed by atoms with E-state index in [4.69, 9.17) is 4.74 Å². The molecule has 2 N–H and O–H groups in total. The third-order valence-corrected chi connectivity index (χ3v) is 4.45. The fourth-order valence-electron chi connectivity index (χ4n) is 3.16. The molecule has 2 atom stereocenters. The van der Waals surface area contributed by atoms with Crippen LogP contribution in [0, 0.1) is 0 Å². The average molecular weight is 357 g/mol. The second kappa shape index (κ2) is 7.57. The molecule has 0 spiro atoms. The molecule has 1 fully saturated rings. The summed E-state index contributed by atoms with van der Waals surface area (Å²) in [6.45, 7) is 0.432. The van der Waals surface area contributed by atoms with Crippen LogP contribution in [0.15, 0.2) is 36.7 Å². The van der Waals surface area contributed by atoms with Gasteiger partial charge in [0.15, 0.2) is 0 Å². The number of ether oxygens (including phenoxy) is 1. The molecular formula is C18H23N5O3. The number of rotatable bonds is 6. The molecule has 1 saturated heterocycles. The van der Waals surface area contributed by atoms with E-state index < -0.39 is 6.04 Å². The first-order valence-corrected chi connectivity index (χ1v) is 8.42. The lowest BCUT2D eigenvalue weighted by Gasteiger charge is -2.20. The van der Waals surface area contributed by atoms with Crippen LogP contribution in [-0.2, 0) is 16.6 Å². The summed E-state index contributed by atoms with van der Waals surface area (Å²) in [6, 6.07) is 6.59. The Morgan fingerprint density at radius 3 is 2.88 bits per heavy atom. The predicted octanol–water partition coefficient (Wildman–Crippen LogP) is 0.611. The molecule has 1 aromatic carbocycles. The molecular weight excluding hydrogens is 334 g/mol. The van der Waals surface area contributed by atoms with Crippen molar-refractivity contribution in [2.24, 2.45) is 7.05 Å². The monoisotopic (exact) mass is 357 g/mol. The van der Waals surface area contributed by atoms with Crippen LogP contribution in [0.5, 0.6) is 5.75 Å². The molecule has 1 aromatic heterocycles. The molecule has 1 aliphatic rings. The van der Waals surface area contributed by atoms with Crippen molar-refractivity contribution in [3.8, 4) is 5.75 Å². The van der Waals surface area contributed by atoms with Crippen LogP contribution in [0.3, 0.4) is 0 Å². The summed E-state index contributed by atoms with van der Waals surface area (Å²) in [5.74, 6) is 0.492. The zero-order valence-corrected chi connectivity index (χ0v) is 15.1. The lowest BCUT2D eigenvalue weighted by molar-refractivity contribution is -0.123. The number of benzene rings is 1. The van der Waals surface area contributed by atoms with Gasteiger partial charge in [-0.2, -0.15) is 5.10 Å². The number of aryl methyl sites for hydroxylation is 1. The number of nitrogens with one attached hydrogen (secondary N) is 2. The number of anilines is 1. The van der Waals surface area contributed by atoms with Gasteiger partial charge in [0.1, 0.15) is 11.8 Å². The largest absolute Gasteiger partial charge is 0.497 e. The van der Waals surface area contributed by atoms with E-state index in [9.17, 15) is 9.59 Å². The highest BCUT2D eigenvalue weighted by molar-refractivity contribution is 5.97. The predicted molar refractivity (Wildman–Crippen MR) is 96.9 cm³/mol. The molecule has 26 heavy (non-hydrogen) atoms. The number of carbonyl (C=O) groups is 2. The van der Waals surface area contributed by atoms with E-state index >= 15 is 0 Å². The van der Waals surface area contributed by atoms with E-state index in [0.717, 1.165) is 11.3 Å². The third kappa shape index (κ3) is 3.70. The molecule has 0 saturated carbocycles. The van der Waals surface area contributed by atoms with E-state index in [-0.39, 0.29) is 24.3 Å². The number of likely N-dealkylation sites (N-methyl/N-ethyl adjacent to an activating group) is 1. The molecule has 1 aliphatic heterocycles. The molecule has 3 rings (SSSR count). The van der Waals surface area contributed by atoms with Crippen molar-refractivity contribution in [2.75, 3.05) is 25.6 Å². The SMILES string of the molecule is CNC(C(=O)NC1CC(=O)N(c2cccc(OC)c2)C1)c1cnn(C)c1. The number of hydrogen-bond acceptors (Lipinski definition) is 5. The minimum Gasteiger partial charge on any atom is -0.497 e. The van der Waals surface area contributed by atoms with Crippen LogP contribution < -0.4 is 20.3 Å². The normalized spacial score (nSPS) is 18.0. The van der Waals surface area contributed by atoms with Gasteiger partial charge in [0.25, 0.3) is 0 Å². The molecule has 0 bridgehead atoms. The maximum absolute atomic E-state index is 12.6. The van der Waals surface area contributed by atoms with Gasteiger partial charge in [-0.05, 0) is 19.2 Å². The first kappa shape index (κ1) is 17.9. The van der Waals surface area contributed by atoms with E-state index in [1.165, 1.54) is 0 Å². The topological polar surface area (TPSA) is 88.5 Å². The second-order valence-corrected chi connectivity index (χ2v) is 6.28. The van der Waals surface area contributed by atoms with Gasteiger partial charge in [-0.1, -0.05) is 6.07 Å². The van der Waals surface area contributed by atoms with Crippen molar-refractivity contribution in [1.82, 2.24) is 20.4 Å². The molecule has 0 aliphatic carbocycles. The van der Waals surface area contributed by atoms with Gasteiger partial charge in [0.2, 0.25) is 11.8 Å². The van der Waals surface area contributed by atoms with Crippen LogP contribution in [0.1, 0.15) is 18.0 Å². The van der Waals surface area contributed by atoms with Gasteiger partial charge in [0, 0.05) is 43.5 Å². The minimum atomic E-state index is -0.510. The Morgan fingerprint density at radius 1 is 1.42 bits per heavy atom. The maximum Gasteiger partial charge on any atom is 0.242 e. The summed E-state index contributed by atoms with van der Waals surface area (Å²) in [5.41, 5.74) is 1.55. The minimum absolute atomic E-state index is 0.0223. The molecule has 2 amide bonds. The highest BCUT2D eigenvalue weighted by atomic mass is 16.5. The zero-order valence-electron chi connectivity index (χ0n) is 15.1. The highest BCUT2D eigenvalue weighted by Gasteiger charge is 2.33. The van der Waals surface area contributed by atoms with Crippen LogP contribution in [-0.4, -0.2) is 48.3 Å². The fourth-order valence-corrected chi connectivity index (χ4v) is 3.16. The quantitative estimate of drug-likeness (QED) is 0.791. The van der Waals surface area contributed by atoms with Gasteiger partial charge in [-0.15, -0.1) is 0 Å². The van der Waals surface area contributed by atoms with Crippen LogP contribution in [0.25, 0.3) is 0 Å². The van der Waals surface area contributed by atoms with Crippen molar-refractivity contribution < 1.29 is 14.3 Å². The Labute approximate surface area is 152 Å². The van der Waals surface area contributed by atoms with Gasteiger partial charge in [-0.3, -0.25) is 14.3 Å². The van der Waals surface area contributed by atoms with Gasteiger partial charge in [-0.25, -0.2) is 0 Å². The van der Waals surface area contributed by atoms with Crippen molar-refractivity contribution in [3.63, 3.8) is 0 Å². The van der Waals surface area contributed by atoms with E-state index in [2.05, 4.69) is 15.7 Å². The maximum atomic E-state index is 12.6. The van der Waals surface area contributed by atoms with E-state index in [0.29, 0.717) is 12.3 Å². The van der Waals surface area contributed by atoms with Crippen molar-refractivity contribution in [1.29, 1.82) is 0 Å². The zero-order chi connectivity index (χ0) is 18.7. The Balaban J connectivity index is 1.67. The average Bonchev–Trinajstić information content (AvgIpc) is 3.21. The van der Waals surface area contributed by atoms with Crippen LogP contribution in [0.2, 0.25) is 0 Å². The molecule has 138 valence electrons. The summed E-state index contributed by atoms with van der Waals surface area (Å²) >= 11 is 0. The van der Waals surface area contributed by atoms with Crippen LogP contribution in [0.4, 0.5) is 5.69 Å². The smallest absolute Gasteiger partial charge is 0.242 e. The highest BCUT2D eigenvalue weighted by Crippen LogP contribution is 2.25. The van der Waals surface area contributed by atoms with Crippen molar-refractivity contribution >= 4 is 17.5 Å². The molecule has 2 heterocycles. The molecule has 0 radical (unpaired) electrons. The van der Waals surface area contributed by atoms with Crippen molar-refractivity contribution in [3.05, 3.63) is 42.2 Å². The lowest BCUT2D eigenvalue weighted by Crippen LogP contribution is -2.43. The standard InChI is InChI=1S/C18H23N5O3/c1-19-17(12-9-20-22(2)10-12)18(25)21-13-7-16(24)23(11-13)14-5-4-6-15(8-14)26-3/h4-6,8-10,13,17,19H,7,11H2,1-3H3,(H,21,25). The summed E-state index contributed by atoms with van der Waals surface area (Å²) in [6.07, 6.45) is 3.72. The van der Waals surface area contributed by atoms with Gasteiger partial charge >= 0.3 is 0 Å². The lowest BCUT2D eigenvalue weighted by atomic mass is 10.1. The Hall–Kier alpha value is -2.87. The van der Waals surface area contributed by atoms with E-state index in [1.807, 2.05) is 24.3 Å². The Bertz CT molecular complexity index is 804. The number of carbonyl (C=O) groups excluding carboxylic acids is 2. The summed E-state index contributed by atoms with van der Waals surface area (Å²) in [5, 5.41) is 10.1.